The third-order valence-electron chi connectivity index (χ3n) is 16.5. The quantitative estimate of drug-likeness (QED) is 0.0820. The van der Waals surface area contributed by atoms with Crippen molar-refractivity contribution >= 4 is 56.5 Å². The fourth-order valence-electron chi connectivity index (χ4n) is 12.4. The van der Waals surface area contributed by atoms with E-state index in [4.69, 9.17) is 23.4 Å². The van der Waals surface area contributed by atoms with Crippen LogP contribution in [0.3, 0.4) is 0 Å². The minimum Gasteiger partial charge on any atom is -0.458 e. The number of benzene rings is 11. The van der Waals surface area contributed by atoms with Crippen molar-refractivity contribution in [2.75, 3.05) is 0 Å². The molecule has 11 aromatic carbocycles. The van der Waals surface area contributed by atoms with Crippen molar-refractivity contribution < 1.29 is 23.0 Å². The van der Waals surface area contributed by atoms with Crippen LogP contribution in [0.2, 0.25) is 6.55 Å². The molecule has 83 heavy (non-hydrogen) atoms. The lowest BCUT2D eigenvalue weighted by Crippen LogP contribution is -2.65. The maximum Gasteiger partial charge on any atom is 0.269 e. The second-order valence-electron chi connectivity index (χ2n) is 22.3. The van der Waals surface area contributed by atoms with E-state index in [1.807, 2.05) is 65.4 Å². The van der Waals surface area contributed by atoms with E-state index in [1.165, 1.54) is 37.8 Å². The monoisotopic (exact) mass is 1090 g/mol. The number of para-hydroxylation sites is 3. The lowest BCUT2D eigenvalue weighted by Gasteiger charge is -2.31. The number of aromatic nitrogens is 4. The van der Waals surface area contributed by atoms with Gasteiger partial charge in [-0.1, -0.05) is 239 Å². The third-order valence-corrected chi connectivity index (χ3v) is 21.0. The zero-order valence-corrected chi connectivity index (χ0v) is 47.0. The zero-order chi connectivity index (χ0) is 64.5. The van der Waals surface area contributed by atoms with Crippen molar-refractivity contribution in [1.29, 1.82) is 0 Å². The molecule has 3 aromatic heterocycles. The molecule has 0 aliphatic carbocycles. The molecule has 0 atom stereocenters. The van der Waals surface area contributed by atoms with Gasteiger partial charge in [0.15, 0.2) is 0 Å². The van der Waals surface area contributed by atoms with Gasteiger partial charge in [-0.05, 0) is 137 Å². The average molecular weight is 1090 g/mol. The average Bonchev–Trinajstić information content (AvgIpc) is 1.69. The largest absolute Gasteiger partial charge is 0.458 e. The molecule has 0 unspecified atom stereocenters. The molecule has 15 rings (SSSR count). The Bertz CT molecular complexity index is 5270. The Kier molecular flexibility index (Phi) is 9.58. The molecule has 0 saturated heterocycles. The van der Waals surface area contributed by atoms with Crippen LogP contribution in [-0.2, 0) is 5.41 Å². The van der Waals surface area contributed by atoms with Crippen LogP contribution in [0.15, 0.2) is 279 Å². The summed E-state index contributed by atoms with van der Waals surface area (Å²) < 4.78 is 101. The van der Waals surface area contributed by atoms with Gasteiger partial charge in [0.1, 0.15) is 25.4 Å². The molecular formula is C77H58N4OSi. The molecule has 6 heteroatoms. The lowest BCUT2D eigenvalue weighted by atomic mass is 9.88. The SMILES string of the molecule is [2H]c1c([2H])c([2H])c(-c2cccc(-c3c([2H])c([2H])c([2H])c([2H])c3[2H])c2-[n+]2[c-]n(-c3cccc(Oc4ccc5c6cc(-c7cccc([Si]8(C)c9ccccc9-c9ccccc9-c9ccccc98)c7)ccc6n(-c6cc(C(C)(C)C)ccn6)c5c4)c3)c3ccccc32)c([2H])c1[2H]. The molecule has 0 spiro atoms. The van der Waals surface area contributed by atoms with Crippen molar-refractivity contribution in [3.63, 3.8) is 0 Å². The van der Waals surface area contributed by atoms with Crippen LogP contribution in [0.4, 0.5) is 0 Å². The van der Waals surface area contributed by atoms with Crippen LogP contribution < -0.4 is 24.9 Å². The molecule has 1 aliphatic heterocycles. The second kappa shape index (κ2) is 19.8. The van der Waals surface area contributed by atoms with Gasteiger partial charge in [0.05, 0.1) is 47.1 Å². The zero-order valence-electron chi connectivity index (χ0n) is 56.0. The highest BCUT2D eigenvalue weighted by Crippen LogP contribution is 2.41. The minimum absolute atomic E-state index is 0.135. The molecule has 0 saturated carbocycles. The predicted octanol–water partition coefficient (Wildman–Crippen LogP) is 17.0. The number of ether oxygens (including phenoxy) is 1. The summed E-state index contributed by atoms with van der Waals surface area (Å²) in [5, 5.41) is 6.17. The molecule has 14 aromatic rings. The Morgan fingerprint density at radius 2 is 1.08 bits per heavy atom. The molecule has 0 N–H and O–H groups in total. The van der Waals surface area contributed by atoms with E-state index in [2.05, 4.69) is 178 Å². The van der Waals surface area contributed by atoms with Gasteiger partial charge in [-0.25, -0.2) is 4.98 Å². The van der Waals surface area contributed by atoms with Crippen LogP contribution in [0.5, 0.6) is 11.5 Å². The van der Waals surface area contributed by atoms with Gasteiger partial charge >= 0.3 is 0 Å². The van der Waals surface area contributed by atoms with Gasteiger partial charge in [0, 0.05) is 23.0 Å². The lowest BCUT2D eigenvalue weighted by molar-refractivity contribution is -0.571. The highest BCUT2D eigenvalue weighted by Gasteiger charge is 2.40. The Morgan fingerprint density at radius 3 is 1.78 bits per heavy atom. The standard InChI is InChI=1S/C77H58N4OSi/c1-77(2,3)56-44-45-78-75(48-56)81-69-43-40-55(54-26-19-29-60(46-54)83(4)73-38-17-13-32-66(73)63-30-11-12-31-64(63)67-33-14-18-39-74(67)83)47-68(69)65-42-41-59(50-72(65)81)82-58-28-20-27-57(49-58)79-51-80(71-37-16-15-36-70(71)79)76-61(52-22-7-5-8-23-52)34-21-35-62(76)53-24-9-6-10-25-53/h5-50H,1-4H3/i5D,6D,7D,8D,9D,10D,22D,23D,24D,25D. The summed E-state index contributed by atoms with van der Waals surface area (Å²) in [6.45, 7) is 9.11. The van der Waals surface area contributed by atoms with Gasteiger partial charge in [-0.2, -0.15) is 0 Å². The molecule has 1 aliphatic rings. The van der Waals surface area contributed by atoms with Crippen LogP contribution in [0.1, 0.15) is 40.0 Å². The minimum atomic E-state index is -2.64. The van der Waals surface area contributed by atoms with E-state index < -0.39 is 68.5 Å². The maximum atomic E-state index is 9.13. The number of hydrogen-bond donors (Lipinski definition) is 0. The Hall–Kier alpha value is -10.1. The summed E-state index contributed by atoms with van der Waals surface area (Å²) in [4.78, 5) is 5.03. The molecule has 396 valence electrons. The number of nitrogens with zero attached hydrogens (tertiary/aromatic N) is 4. The fourth-order valence-corrected chi connectivity index (χ4v) is 16.6. The summed E-state index contributed by atoms with van der Waals surface area (Å²) in [5.41, 5.74) is 12.2. The second-order valence-corrected chi connectivity index (χ2v) is 26.2. The van der Waals surface area contributed by atoms with Gasteiger partial charge < -0.3 is 4.74 Å². The maximum absolute atomic E-state index is 9.13. The van der Waals surface area contributed by atoms with Gasteiger partial charge in [-0.3, -0.25) is 13.7 Å². The molecular weight excluding hydrogens is 1020 g/mol. The normalized spacial score (nSPS) is 14.4. The van der Waals surface area contributed by atoms with E-state index in [0.29, 0.717) is 28.2 Å². The van der Waals surface area contributed by atoms with Crippen LogP contribution >= 0.6 is 0 Å². The Balaban J connectivity index is 0.854. The summed E-state index contributed by atoms with van der Waals surface area (Å²) in [5.74, 6) is 1.84. The molecule has 0 radical (unpaired) electrons. The summed E-state index contributed by atoms with van der Waals surface area (Å²) in [6.07, 6.45) is 5.36. The summed E-state index contributed by atoms with van der Waals surface area (Å²) in [7, 11) is -2.64. The van der Waals surface area contributed by atoms with Crippen molar-refractivity contribution in [2.24, 2.45) is 0 Å². The smallest absolute Gasteiger partial charge is 0.269 e. The summed E-state index contributed by atoms with van der Waals surface area (Å²) >= 11 is 0. The Labute approximate surface area is 499 Å². The van der Waals surface area contributed by atoms with Gasteiger partial charge in [0.2, 0.25) is 0 Å². The first-order valence-electron chi connectivity index (χ1n) is 32.8. The Morgan fingerprint density at radius 1 is 0.482 bits per heavy atom. The predicted molar refractivity (Wildman–Crippen MR) is 345 cm³/mol. The van der Waals surface area contributed by atoms with Crippen molar-refractivity contribution in [3.8, 4) is 84.3 Å². The van der Waals surface area contributed by atoms with Crippen molar-refractivity contribution in [3.05, 3.63) is 291 Å². The first-order valence-corrected chi connectivity index (χ1v) is 30.3. The first kappa shape index (κ1) is 40.1. The van der Waals surface area contributed by atoms with Gasteiger partial charge in [0.25, 0.3) is 6.33 Å². The molecule has 5 nitrogen and oxygen atoms in total. The third kappa shape index (κ3) is 8.44. The number of pyridine rings is 1. The molecule has 4 heterocycles. The number of fused-ring (bicyclic) bond motifs is 9. The molecule has 0 amide bonds. The van der Waals surface area contributed by atoms with E-state index in [9.17, 15) is 0 Å². The molecule has 0 bridgehead atoms. The van der Waals surface area contributed by atoms with E-state index >= 15 is 0 Å². The van der Waals surface area contributed by atoms with Gasteiger partial charge in [-0.15, -0.1) is 0 Å². The summed E-state index contributed by atoms with van der Waals surface area (Å²) in [6, 6.07) is 67.6. The fraction of sp³-hybridized carbons (Fsp3) is 0.0649. The number of imidazole rings is 1. The van der Waals surface area contributed by atoms with Crippen molar-refractivity contribution in [2.45, 2.75) is 32.7 Å². The number of hydrogen-bond acceptors (Lipinski definition) is 2. The van der Waals surface area contributed by atoms with E-state index in [0.717, 1.165) is 44.3 Å². The van der Waals surface area contributed by atoms with Crippen LogP contribution in [0.25, 0.3) is 106 Å². The van der Waals surface area contributed by atoms with E-state index in [1.54, 1.807) is 22.8 Å². The first-order chi connectivity index (χ1) is 44.8. The highest BCUT2D eigenvalue weighted by atomic mass is 28.3. The molecule has 0 fully saturated rings. The van der Waals surface area contributed by atoms with Crippen molar-refractivity contribution in [1.82, 2.24) is 14.1 Å². The highest BCUT2D eigenvalue weighted by molar-refractivity contribution is 7.12. The topological polar surface area (TPSA) is 35.9 Å². The van der Waals surface area contributed by atoms with Crippen LogP contribution in [-0.4, -0.2) is 22.2 Å². The number of rotatable bonds is 9. The van der Waals surface area contributed by atoms with E-state index in [-0.39, 0.29) is 33.4 Å². The van der Waals surface area contributed by atoms with Crippen LogP contribution in [0, 0.1) is 6.33 Å².